The lowest BCUT2D eigenvalue weighted by atomic mass is 10.0. The number of rotatable bonds is 14. The van der Waals surface area contributed by atoms with Gasteiger partial charge in [-0.3, -0.25) is 19.8 Å². The number of urea groups is 1. The van der Waals surface area contributed by atoms with Crippen molar-refractivity contribution in [3.05, 3.63) is 95.1 Å². The molecule has 0 aromatic heterocycles. The zero-order chi connectivity index (χ0) is 33.4. The van der Waals surface area contributed by atoms with E-state index in [9.17, 15) is 22.8 Å². The Morgan fingerprint density at radius 2 is 1.67 bits per heavy atom. The molecular formula is C34H36N2O9S. The lowest BCUT2D eigenvalue weighted by Gasteiger charge is -2.26. The minimum Gasteiger partial charge on any atom is -0.493 e. The molecule has 11 nitrogen and oxygen atoms in total. The van der Waals surface area contributed by atoms with Gasteiger partial charge < -0.3 is 18.4 Å². The Labute approximate surface area is 268 Å². The average molecular weight is 649 g/mol. The second-order valence-electron chi connectivity index (χ2n) is 10.3. The quantitative estimate of drug-likeness (QED) is 0.106. The van der Waals surface area contributed by atoms with E-state index in [1.807, 2.05) is 13.8 Å². The molecule has 1 fully saturated rings. The van der Waals surface area contributed by atoms with Gasteiger partial charge in [0.05, 0.1) is 26.9 Å². The number of hydrogen-bond donors (Lipinski definition) is 1. The van der Waals surface area contributed by atoms with Crippen molar-refractivity contribution in [3.8, 4) is 23.0 Å². The third-order valence-electron chi connectivity index (χ3n) is 6.85. The van der Waals surface area contributed by atoms with Crippen molar-refractivity contribution in [2.24, 2.45) is 0 Å². The second-order valence-corrected chi connectivity index (χ2v) is 11.9. The molecule has 1 saturated heterocycles. The molecule has 0 bridgehead atoms. The third-order valence-corrected chi connectivity index (χ3v) is 8.08. The van der Waals surface area contributed by atoms with E-state index in [1.54, 1.807) is 49.4 Å². The number of allylic oxidation sites excluding steroid dienone is 1. The number of nitrogens with zero attached hydrogens (tertiary/aromatic N) is 1. The number of nitrogens with one attached hydrogen (secondary N) is 1. The molecule has 12 heteroatoms. The Hall–Kier alpha value is -5.10. The van der Waals surface area contributed by atoms with Gasteiger partial charge in [-0.15, -0.1) is 6.58 Å². The molecule has 1 N–H and O–H groups in total. The summed E-state index contributed by atoms with van der Waals surface area (Å²) in [4.78, 5) is 40.1. The van der Waals surface area contributed by atoms with Crippen LogP contribution in [0.25, 0.3) is 6.08 Å². The highest BCUT2D eigenvalue weighted by atomic mass is 32.2. The summed E-state index contributed by atoms with van der Waals surface area (Å²) in [7, 11) is -2.75. The first-order valence-electron chi connectivity index (χ1n) is 14.6. The summed E-state index contributed by atoms with van der Waals surface area (Å²) < 4.78 is 48.8. The van der Waals surface area contributed by atoms with Crippen LogP contribution in [0.1, 0.15) is 42.5 Å². The van der Waals surface area contributed by atoms with Gasteiger partial charge in [0.1, 0.15) is 10.5 Å². The van der Waals surface area contributed by atoms with Crippen LogP contribution in [-0.2, 0) is 32.7 Å². The van der Waals surface area contributed by atoms with Crippen molar-refractivity contribution in [1.29, 1.82) is 0 Å². The summed E-state index contributed by atoms with van der Waals surface area (Å²) in [5.74, 6) is -0.688. The summed E-state index contributed by atoms with van der Waals surface area (Å²) in [6.07, 6.45) is 3.85. The molecule has 4 amide bonds. The van der Waals surface area contributed by atoms with Gasteiger partial charge >= 0.3 is 16.1 Å². The van der Waals surface area contributed by atoms with Gasteiger partial charge in [0.25, 0.3) is 11.8 Å². The van der Waals surface area contributed by atoms with Crippen molar-refractivity contribution in [1.82, 2.24) is 10.2 Å². The van der Waals surface area contributed by atoms with Gasteiger partial charge in [0.15, 0.2) is 23.0 Å². The molecule has 1 heterocycles. The number of aryl methyl sites for hydroxylation is 1. The molecule has 3 aromatic rings. The van der Waals surface area contributed by atoms with Crippen molar-refractivity contribution >= 4 is 34.0 Å². The first-order chi connectivity index (χ1) is 22.0. The number of carbonyl (C=O) groups excluding carboxylic acids is 3. The van der Waals surface area contributed by atoms with Crippen molar-refractivity contribution < 1.29 is 41.2 Å². The van der Waals surface area contributed by atoms with E-state index in [1.165, 1.54) is 31.4 Å². The van der Waals surface area contributed by atoms with Crippen LogP contribution in [0.5, 0.6) is 23.0 Å². The zero-order valence-electron chi connectivity index (χ0n) is 26.1. The normalized spacial score (nSPS) is 14.2. The van der Waals surface area contributed by atoms with Crippen molar-refractivity contribution in [2.75, 3.05) is 20.3 Å². The van der Waals surface area contributed by atoms with E-state index >= 15 is 0 Å². The summed E-state index contributed by atoms with van der Waals surface area (Å²) in [6, 6.07) is 13.4. The number of carbonyl (C=O) groups is 3. The maximum absolute atomic E-state index is 13.5. The van der Waals surface area contributed by atoms with Gasteiger partial charge in [-0.05, 0) is 80.3 Å². The van der Waals surface area contributed by atoms with Crippen LogP contribution >= 0.6 is 0 Å². The topological polar surface area (TPSA) is 138 Å². The van der Waals surface area contributed by atoms with Gasteiger partial charge in [-0.25, -0.2) is 4.79 Å². The van der Waals surface area contributed by atoms with Crippen LogP contribution in [0.3, 0.4) is 0 Å². The molecule has 1 aliphatic heterocycles. The Kier molecular flexibility index (Phi) is 10.9. The summed E-state index contributed by atoms with van der Waals surface area (Å²) in [5, 5.41) is 2.21. The Morgan fingerprint density at radius 1 is 0.935 bits per heavy atom. The molecule has 1 aliphatic rings. The van der Waals surface area contributed by atoms with Crippen molar-refractivity contribution in [2.45, 2.75) is 45.1 Å². The number of hydrogen-bond acceptors (Lipinski definition) is 9. The zero-order valence-corrected chi connectivity index (χ0v) is 26.9. The van der Waals surface area contributed by atoms with E-state index in [0.717, 1.165) is 16.9 Å². The SMILES string of the molecule is C=CCc1cc(/C=C2\C(=O)NC(=O)N(Cc3ccc(OCCC)c(OC)c3)C2=O)cc(OCC)c1OS(=O)(=O)c1ccc(C)cc1. The smallest absolute Gasteiger partial charge is 0.339 e. The Bertz CT molecular complexity index is 1780. The molecule has 46 heavy (non-hydrogen) atoms. The predicted octanol–water partition coefficient (Wildman–Crippen LogP) is 5.35. The minimum atomic E-state index is -4.23. The van der Waals surface area contributed by atoms with Crippen LogP contribution in [0.15, 0.2) is 77.7 Å². The highest BCUT2D eigenvalue weighted by Gasteiger charge is 2.36. The lowest BCUT2D eigenvalue weighted by Crippen LogP contribution is -2.53. The summed E-state index contributed by atoms with van der Waals surface area (Å²) in [6.45, 7) is 9.81. The second kappa shape index (κ2) is 14.8. The molecular weight excluding hydrogens is 612 g/mol. The molecule has 242 valence electrons. The molecule has 0 atom stereocenters. The molecule has 4 rings (SSSR count). The van der Waals surface area contributed by atoms with E-state index < -0.39 is 28.0 Å². The van der Waals surface area contributed by atoms with Crippen molar-refractivity contribution in [3.63, 3.8) is 0 Å². The Morgan fingerprint density at radius 3 is 2.33 bits per heavy atom. The minimum absolute atomic E-state index is 0.0359. The van der Waals surface area contributed by atoms with Crippen LogP contribution in [0.2, 0.25) is 0 Å². The molecule has 0 spiro atoms. The summed E-state index contributed by atoms with van der Waals surface area (Å²) in [5.41, 5.74) is 1.88. The van der Waals surface area contributed by atoms with E-state index in [4.69, 9.17) is 18.4 Å². The fourth-order valence-electron chi connectivity index (χ4n) is 4.62. The van der Waals surface area contributed by atoms with Gasteiger partial charge in [0.2, 0.25) is 0 Å². The maximum atomic E-state index is 13.5. The molecule has 0 radical (unpaired) electrons. The molecule has 0 saturated carbocycles. The number of barbiturate groups is 1. The van der Waals surface area contributed by atoms with E-state index in [2.05, 4.69) is 11.9 Å². The Balaban J connectivity index is 1.69. The molecule has 0 aliphatic carbocycles. The molecule has 3 aromatic carbocycles. The van der Waals surface area contributed by atoms with E-state index in [0.29, 0.717) is 34.8 Å². The average Bonchev–Trinajstić information content (AvgIpc) is 3.02. The van der Waals surface area contributed by atoms with E-state index in [-0.39, 0.29) is 41.5 Å². The first-order valence-corrected chi connectivity index (χ1v) is 16.0. The number of amides is 4. The number of ether oxygens (including phenoxy) is 3. The first kappa shape index (κ1) is 33.8. The van der Waals surface area contributed by atoms with Gasteiger partial charge in [-0.2, -0.15) is 8.42 Å². The van der Waals surface area contributed by atoms with Gasteiger partial charge in [-0.1, -0.05) is 36.8 Å². The fourth-order valence-corrected chi connectivity index (χ4v) is 5.60. The highest BCUT2D eigenvalue weighted by Crippen LogP contribution is 2.37. The maximum Gasteiger partial charge on any atom is 0.339 e. The fraction of sp³-hybridized carbons (Fsp3) is 0.265. The largest absolute Gasteiger partial charge is 0.493 e. The van der Waals surface area contributed by atoms with Crippen LogP contribution in [0.4, 0.5) is 4.79 Å². The number of imide groups is 2. The monoisotopic (exact) mass is 648 g/mol. The lowest BCUT2D eigenvalue weighted by molar-refractivity contribution is -0.130. The highest BCUT2D eigenvalue weighted by molar-refractivity contribution is 7.87. The predicted molar refractivity (Wildman–Crippen MR) is 171 cm³/mol. The number of methoxy groups -OCH3 is 1. The van der Waals surface area contributed by atoms with Crippen LogP contribution in [-0.4, -0.2) is 51.5 Å². The van der Waals surface area contributed by atoms with Gasteiger partial charge in [0, 0.05) is 5.56 Å². The third kappa shape index (κ3) is 7.75. The number of benzene rings is 3. The van der Waals surface area contributed by atoms with Crippen LogP contribution < -0.4 is 23.7 Å². The standard InChI is InChI=1S/C34H36N2O9S/c1-6-9-25-17-24(20-30(43-8-3)31(25)45-46(40,41)26-13-10-22(4)11-14-26)18-27-32(37)35-34(39)36(33(27)38)21-23-12-15-28(44-16-7-2)29(19-23)42-5/h6,10-15,17-20H,1,7-9,16,21H2,2-5H3,(H,35,37,39)/b27-18+. The summed E-state index contributed by atoms with van der Waals surface area (Å²) >= 11 is 0. The molecule has 0 unspecified atom stereocenters. The van der Waals surface area contributed by atoms with Crippen LogP contribution in [0, 0.1) is 6.92 Å².